The molecular formula is C27H25Cl2NO6S. The molecule has 2 heterocycles. The zero-order chi connectivity index (χ0) is 26.9. The van der Waals surface area contributed by atoms with Crippen LogP contribution < -0.4 is 4.74 Å². The van der Waals surface area contributed by atoms with Crippen LogP contribution in [0.3, 0.4) is 0 Å². The van der Waals surface area contributed by atoms with E-state index in [9.17, 15) is 19.5 Å². The Kier molecular flexibility index (Phi) is 7.94. The lowest BCUT2D eigenvalue weighted by Gasteiger charge is -2.37. The van der Waals surface area contributed by atoms with Gasteiger partial charge in [0.05, 0.1) is 28.3 Å². The number of carboxylic acids is 1. The molecule has 1 amide bonds. The SMILES string of the molecule is COCC(=O)N1C(c2ccc(Cl)cc2)C(C(=O)c2ccc(Cl)s2)C(c2cccc(OC)c2)C1(C)C(=O)O. The summed E-state index contributed by atoms with van der Waals surface area (Å²) < 4.78 is 11.0. The number of rotatable bonds is 8. The van der Waals surface area contributed by atoms with Crippen LogP contribution in [-0.4, -0.2) is 54.0 Å². The van der Waals surface area contributed by atoms with Crippen LogP contribution in [0, 0.1) is 5.92 Å². The minimum Gasteiger partial charge on any atom is -0.497 e. The fourth-order valence-electron chi connectivity index (χ4n) is 5.26. The molecule has 1 aliphatic heterocycles. The number of nitrogens with zero attached hydrogens (tertiary/aromatic N) is 1. The molecule has 1 aromatic heterocycles. The van der Waals surface area contributed by atoms with E-state index in [1.54, 1.807) is 60.7 Å². The topological polar surface area (TPSA) is 93.1 Å². The second-order valence-corrected chi connectivity index (χ2v) is 11.0. The first-order valence-electron chi connectivity index (χ1n) is 11.4. The number of hydrogen-bond donors (Lipinski definition) is 1. The Morgan fingerprint density at radius 1 is 1.03 bits per heavy atom. The molecule has 0 saturated carbocycles. The van der Waals surface area contributed by atoms with Gasteiger partial charge in [-0.2, -0.15) is 0 Å². The van der Waals surface area contributed by atoms with Crippen molar-refractivity contribution in [2.24, 2.45) is 5.92 Å². The van der Waals surface area contributed by atoms with Crippen molar-refractivity contribution in [1.82, 2.24) is 4.90 Å². The van der Waals surface area contributed by atoms with Crippen LogP contribution in [0.1, 0.15) is 39.7 Å². The quantitative estimate of drug-likeness (QED) is 0.353. The Labute approximate surface area is 228 Å². The Balaban J connectivity index is 2.04. The second kappa shape index (κ2) is 10.8. The van der Waals surface area contributed by atoms with Crippen LogP contribution in [0.15, 0.2) is 60.7 Å². The van der Waals surface area contributed by atoms with Crippen molar-refractivity contribution in [3.63, 3.8) is 0 Å². The number of ketones is 1. The number of benzene rings is 2. The summed E-state index contributed by atoms with van der Waals surface area (Å²) in [5.41, 5.74) is -0.683. The lowest BCUT2D eigenvalue weighted by molar-refractivity contribution is -0.159. The third kappa shape index (κ3) is 4.86. The lowest BCUT2D eigenvalue weighted by Crippen LogP contribution is -2.55. The average Bonchev–Trinajstić information content (AvgIpc) is 3.44. The van der Waals surface area contributed by atoms with Crippen LogP contribution in [0.25, 0.3) is 0 Å². The number of hydrogen-bond acceptors (Lipinski definition) is 6. The normalized spacial score (nSPS) is 23.2. The maximum atomic E-state index is 14.2. The standard InChI is InChI=1S/C27H25Cl2NO6S/c1-27(26(33)34)23(16-5-4-6-18(13-16)36-3)22(25(32)19-11-12-20(29)37-19)24(30(27)21(31)14-35-2)15-7-9-17(28)10-8-15/h4-13,22-24H,14H2,1-3H3,(H,33,34). The molecular weight excluding hydrogens is 537 g/mol. The number of halogens is 2. The molecule has 2 aromatic carbocycles. The molecule has 10 heteroatoms. The van der Waals surface area contributed by atoms with Crippen molar-refractivity contribution in [3.05, 3.63) is 86.0 Å². The highest BCUT2D eigenvalue weighted by Crippen LogP contribution is 2.57. The molecule has 1 N–H and O–H groups in total. The zero-order valence-electron chi connectivity index (χ0n) is 20.3. The predicted octanol–water partition coefficient (Wildman–Crippen LogP) is 5.72. The molecule has 37 heavy (non-hydrogen) atoms. The summed E-state index contributed by atoms with van der Waals surface area (Å²) in [6.07, 6.45) is 0. The van der Waals surface area contributed by atoms with E-state index >= 15 is 0 Å². The Morgan fingerprint density at radius 3 is 2.30 bits per heavy atom. The number of likely N-dealkylation sites (tertiary alicyclic amines) is 1. The number of aliphatic carboxylic acids is 1. The van der Waals surface area contributed by atoms with Crippen molar-refractivity contribution in [3.8, 4) is 5.75 Å². The van der Waals surface area contributed by atoms with Gasteiger partial charge in [0, 0.05) is 18.1 Å². The smallest absolute Gasteiger partial charge is 0.330 e. The molecule has 0 radical (unpaired) electrons. The molecule has 0 aliphatic carbocycles. The molecule has 4 unspecified atom stereocenters. The van der Waals surface area contributed by atoms with Crippen molar-refractivity contribution >= 4 is 52.2 Å². The summed E-state index contributed by atoms with van der Waals surface area (Å²) in [4.78, 5) is 42.6. The Hall–Kier alpha value is -2.91. The summed E-state index contributed by atoms with van der Waals surface area (Å²) >= 11 is 13.4. The van der Waals surface area contributed by atoms with E-state index in [4.69, 9.17) is 32.7 Å². The van der Waals surface area contributed by atoms with Crippen molar-refractivity contribution < 1.29 is 29.0 Å². The fourth-order valence-corrected chi connectivity index (χ4v) is 6.42. The van der Waals surface area contributed by atoms with Crippen LogP contribution in [0.2, 0.25) is 9.36 Å². The number of carbonyl (C=O) groups is 3. The van der Waals surface area contributed by atoms with Gasteiger partial charge in [-0.15, -0.1) is 11.3 Å². The van der Waals surface area contributed by atoms with Crippen molar-refractivity contribution in [1.29, 1.82) is 0 Å². The maximum Gasteiger partial charge on any atom is 0.330 e. The van der Waals surface area contributed by atoms with Crippen LogP contribution in [-0.2, 0) is 14.3 Å². The van der Waals surface area contributed by atoms with E-state index < -0.39 is 35.3 Å². The van der Waals surface area contributed by atoms with Gasteiger partial charge in [0.2, 0.25) is 5.91 Å². The predicted molar refractivity (Wildman–Crippen MR) is 142 cm³/mol. The van der Waals surface area contributed by atoms with Gasteiger partial charge < -0.3 is 19.5 Å². The summed E-state index contributed by atoms with van der Waals surface area (Å²) in [7, 11) is 2.87. The molecule has 1 saturated heterocycles. The number of carbonyl (C=O) groups excluding carboxylic acids is 2. The zero-order valence-corrected chi connectivity index (χ0v) is 22.6. The lowest BCUT2D eigenvalue weighted by atomic mass is 9.72. The number of ether oxygens (including phenoxy) is 2. The van der Waals surface area contributed by atoms with Gasteiger partial charge >= 0.3 is 5.97 Å². The highest BCUT2D eigenvalue weighted by atomic mass is 35.5. The number of thiophene rings is 1. The van der Waals surface area contributed by atoms with Gasteiger partial charge in [-0.25, -0.2) is 4.79 Å². The van der Waals surface area contributed by atoms with E-state index in [0.29, 0.717) is 31.1 Å². The molecule has 0 spiro atoms. The van der Waals surface area contributed by atoms with E-state index in [-0.39, 0.29) is 12.4 Å². The van der Waals surface area contributed by atoms with Gasteiger partial charge in [-0.1, -0.05) is 47.5 Å². The largest absolute Gasteiger partial charge is 0.497 e. The third-order valence-corrected chi connectivity index (χ3v) is 8.33. The van der Waals surface area contributed by atoms with Crippen LogP contribution >= 0.6 is 34.5 Å². The van der Waals surface area contributed by atoms with Gasteiger partial charge in [0.25, 0.3) is 0 Å². The average molecular weight is 562 g/mol. The first-order chi connectivity index (χ1) is 17.6. The number of amides is 1. The third-order valence-electron chi connectivity index (χ3n) is 6.84. The summed E-state index contributed by atoms with van der Waals surface area (Å²) in [5, 5.41) is 11.2. The Bertz CT molecular complexity index is 1330. The van der Waals surface area contributed by atoms with Crippen LogP contribution in [0.5, 0.6) is 5.75 Å². The van der Waals surface area contributed by atoms with Crippen LogP contribution in [0.4, 0.5) is 0 Å². The summed E-state index contributed by atoms with van der Waals surface area (Å²) in [5.74, 6) is -3.52. The van der Waals surface area contributed by atoms with E-state index in [1.165, 1.54) is 26.0 Å². The van der Waals surface area contributed by atoms with E-state index in [2.05, 4.69) is 0 Å². The molecule has 7 nitrogen and oxygen atoms in total. The minimum atomic E-state index is -1.81. The number of methoxy groups -OCH3 is 2. The molecule has 3 aromatic rings. The second-order valence-electron chi connectivity index (χ2n) is 8.89. The summed E-state index contributed by atoms with van der Waals surface area (Å²) in [6, 6.07) is 15.9. The van der Waals surface area contributed by atoms with Gasteiger partial charge in [-0.3, -0.25) is 9.59 Å². The number of carboxylic acid groups (broad SMARTS) is 1. The molecule has 4 atom stereocenters. The highest BCUT2D eigenvalue weighted by molar-refractivity contribution is 7.18. The van der Waals surface area contributed by atoms with Gasteiger partial charge in [0.1, 0.15) is 17.9 Å². The molecule has 4 rings (SSSR count). The molecule has 1 aliphatic rings. The minimum absolute atomic E-state index is 0.315. The molecule has 194 valence electrons. The Morgan fingerprint density at radius 2 is 1.73 bits per heavy atom. The van der Waals surface area contributed by atoms with E-state index in [1.807, 2.05) is 0 Å². The highest BCUT2D eigenvalue weighted by Gasteiger charge is 2.64. The first-order valence-corrected chi connectivity index (χ1v) is 12.9. The fraction of sp³-hybridized carbons (Fsp3) is 0.296. The summed E-state index contributed by atoms with van der Waals surface area (Å²) in [6.45, 7) is 1.12. The monoisotopic (exact) mass is 561 g/mol. The molecule has 1 fully saturated rings. The van der Waals surface area contributed by atoms with Crippen molar-refractivity contribution in [2.75, 3.05) is 20.8 Å². The number of Topliss-reactive ketones (excluding diaryl/α,β-unsaturated/α-hetero) is 1. The maximum absolute atomic E-state index is 14.2. The van der Waals surface area contributed by atoms with Crippen molar-refractivity contribution in [2.45, 2.75) is 24.4 Å². The van der Waals surface area contributed by atoms with Gasteiger partial charge in [0.15, 0.2) is 5.78 Å². The van der Waals surface area contributed by atoms with E-state index in [0.717, 1.165) is 11.3 Å². The first kappa shape index (κ1) is 27.1. The van der Waals surface area contributed by atoms with Gasteiger partial charge in [-0.05, 0) is 54.4 Å². The molecule has 0 bridgehead atoms.